The maximum absolute atomic E-state index is 12.2. The van der Waals surface area contributed by atoms with Crippen LogP contribution in [-0.2, 0) is 4.79 Å². The molecular formula is C16H23N5O2S. The molecule has 0 bridgehead atoms. The molecule has 2 rings (SSSR count). The zero-order valence-electron chi connectivity index (χ0n) is 14.5. The van der Waals surface area contributed by atoms with Crippen molar-refractivity contribution in [2.45, 2.75) is 43.6 Å². The lowest BCUT2D eigenvalue weighted by Gasteiger charge is -2.22. The van der Waals surface area contributed by atoms with Gasteiger partial charge < -0.3 is 15.9 Å². The van der Waals surface area contributed by atoms with Gasteiger partial charge in [0.15, 0.2) is 5.82 Å². The molecule has 0 spiro atoms. The van der Waals surface area contributed by atoms with E-state index in [4.69, 9.17) is 10.6 Å². The molecule has 24 heavy (non-hydrogen) atoms. The number of aromatic nitrogens is 3. The van der Waals surface area contributed by atoms with Gasteiger partial charge in [0.05, 0.1) is 12.4 Å². The van der Waals surface area contributed by atoms with Crippen LogP contribution in [0.4, 0.5) is 0 Å². The number of ether oxygens (including phenoxy) is 1. The van der Waals surface area contributed by atoms with E-state index in [0.717, 1.165) is 11.3 Å². The Morgan fingerprint density at radius 1 is 1.29 bits per heavy atom. The molecular weight excluding hydrogens is 326 g/mol. The fourth-order valence-corrected chi connectivity index (χ4v) is 2.75. The Balaban J connectivity index is 2.13. The predicted molar refractivity (Wildman–Crippen MR) is 95.4 cm³/mol. The fraction of sp³-hybridized carbons (Fsp3) is 0.438. The second kappa shape index (κ2) is 7.12. The highest BCUT2D eigenvalue weighted by atomic mass is 32.2. The summed E-state index contributed by atoms with van der Waals surface area (Å²) in [7, 11) is 1.61. The maximum Gasteiger partial charge on any atom is 0.233 e. The first-order valence-corrected chi connectivity index (χ1v) is 8.43. The minimum atomic E-state index is -0.334. The van der Waals surface area contributed by atoms with E-state index in [1.807, 2.05) is 52.0 Å². The standard InChI is InChI=1S/C16H23N5O2S/c1-10(14(22)18-16(2,3)4)24-15-20-19-13(21(15)17)11-6-8-12(23-5)9-7-11/h6-10H,17H2,1-5H3,(H,18,22). The molecule has 1 heterocycles. The van der Waals surface area contributed by atoms with Crippen molar-refractivity contribution in [1.29, 1.82) is 0 Å². The molecule has 1 aromatic carbocycles. The summed E-state index contributed by atoms with van der Waals surface area (Å²) in [6.07, 6.45) is 0. The lowest BCUT2D eigenvalue weighted by Crippen LogP contribution is -2.44. The molecule has 3 N–H and O–H groups in total. The lowest BCUT2D eigenvalue weighted by atomic mass is 10.1. The third-order valence-corrected chi connectivity index (χ3v) is 4.22. The third-order valence-electron chi connectivity index (χ3n) is 3.16. The van der Waals surface area contributed by atoms with Gasteiger partial charge in [-0.15, -0.1) is 10.2 Å². The highest BCUT2D eigenvalue weighted by Crippen LogP contribution is 2.26. The maximum atomic E-state index is 12.2. The number of methoxy groups -OCH3 is 1. The van der Waals surface area contributed by atoms with E-state index in [1.54, 1.807) is 7.11 Å². The zero-order chi connectivity index (χ0) is 17.9. The van der Waals surface area contributed by atoms with Crippen LogP contribution in [0.25, 0.3) is 11.4 Å². The molecule has 0 aliphatic heterocycles. The molecule has 8 heteroatoms. The number of rotatable bonds is 5. The summed E-state index contributed by atoms with van der Waals surface area (Å²) < 4.78 is 6.53. The third kappa shape index (κ3) is 4.41. The van der Waals surface area contributed by atoms with Crippen molar-refractivity contribution in [3.63, 3.8) is 0 Å². The van der Waals surface area contributed by atoms with Gasteiger partial charge in [-0.3, -0.25) is 4.79 Å². The van der Waals surface area contributed by atoms with E-state index in [9.17, 15) is 4.79 Å². The van der Waals surface area contributed by atoms with Crippen molar-refractivity contribution in [3.8, 4) is 17.1 Å². The van der Waals surface area contributed by atoms with Crippen LogP contribution in [0, 0.1) is 0 Å². The number of hydrogen-bond acceptors (Lipinski definition) is 6. The van der Waals surface area contributed by atoms with Gasteiger partial charge in [0, 0.05) is 11.1 Å². The van der Waals surface area contributed by atoms with Gasteiger partial charge in [-0.2, -0.15) is 0 Å². The highest BCUT2D eigenvalue weighted by molar-refractivity contribution is 8.00. The summed E-state index contributed by atoms with van der Waals surface area (Å²) in [5.41, 5.74) is 0.542. The smallest absolute Gasteiger partial charge is 0.233 e. The van der Waals surface area contributed by atoms with Gasteiger partial charge >= 0.3 is 0 Å². The van der Waals surface area contributed by atoms with Crippen LogP contribution in [0.3, 0.4) is 0 Å². The average Bonchev–Trinajstić information content (AvgIpc) is 2.87. The number of amides is 1. The Bertz CT molecular complexity index is 706. The molecule has 1 aromatic heterocycles. The monoisotopic (exact) mass is 349 g/mol. The number of carbonyl (C=O) groups excluding carboxylic acids is 1. The van der Waals surface area contributed by atoms with E-state index in [-0.39, 0.29) is 16.7 Å². The summed E-state index contributed by atoms with van der Waals surface area (Å²) >= 11 is 1.27. The Hall–Kier alpha value is -2.22. The molecule has 2 aromatic rings. The second-order valence-corrected chi connectivity index (χ2v) is 7.71. The number of benzene rings is 1. The summed E-state index contributed by atoms with van der Waals surface area (Å²) in [6, 6.07) is 7.37. The number of thioether (sulfide) groups is 1. The predicted octanol–water partition coefficient (Wildman–Crippen LogP) is 2.06. The summed E-state index contributed by atoms with van der Waals surface area (Å²) in [6.45, 7) is 7.63. The first-order valence-electron chi connectivity index (χ1n) is 7.55. The molecule has 0 fully saturated rings. The Kier molecular flexibility index (Phi) is 5.38. The number of nitrogens with two attached hydrogens (primary N) is 1. The molecule has 1 amide bonds. The van der Waals surface area contributed by atoms with Crippen LogP contribution in [0.1, 0.15) is 27.7 Å². The largest absolute Gasteiger partial charge is 0.497 e. The number of nitrogen functional groups attached to an aromatic ring is 1. The van der Waals surface area contributed by atoms with Crippen molar-refractivity contribution in [1.82, 2.24) is 20.2 Å². The van der Waals surface area contributed by atoms with Gasteiger partial charge in [0.25, 0.3) is 0 Å². The molecule has 130 valence electrons. The fourth-order valence-electron chi connectivity index (χ4n) is 1.98. The van der Waals surface area contributed by atoms with Gasteiger partial charge in [-0.05, 0) is 52.0 Å². The number of carbonyl (C=O) groups is 1. The average molecular weight is 349 g/mol. The Morgan fingerprint density at radius 3 is 2.46 bits per heavy atom. The van der Waals surface area contributed by atoms with Crippen molar-refractivity contribution >= 4 is 17.7 Å². The minimum absolute atomic E-state index is 0.0681. The quantitative estimate of drug-likeness (QED) is 0.634. The molecule has 0 aliphatic carbocycles. The highest BCUT2D eigenvalue weighted by Gasteiger charge is 2.23. The van der Waals surface area contributed by atoms with Gasteiger partial charge in [0.2, 0.25) is 11.1 Å². The van der Waals surface area contributed by atoms with Crippen LogP contribution in [0.5, 0.6) is 5.75 Å². The van der Waals surface area contributed by atoms with Crippen LogP contribution in [0.15, 0.2) is 29.4 Å². The van der Waals surface area contributed by atoms with Gasteiger partial charge in [-0.1, -0.05) is 11.8 Å². The molecule has 0 radical (unpaired) electrons. The summed E-state index contributed by atoms with van der Waals surface area (Å²) in [4.78, 5) is 12.2. The van der Waals surface area contributed by atoms with Crippen molar-refractivity contribution in [2.24, 2.45) is 0 Å². The summed E-state index contributed by atoms with van der Waals surface area (Å²) in [5.74, 6) is 7.31. The topological polar surface area (TPSA) is 95.1 Å². The molecule has 0 saturated carbocycles. The number of hydrogen-bond donors (Lipinski definition) is 2. The van der Waals surface area contributed by atoms with Gasteiger partial charge in [-0.25, -0.2) is 4.68 Å². The SMILES string of the molecule is COc1ccc(-c2nnc(SC(C)C(=O)NC(C)(C)C)n2N)cc1. The molecule has 0 saturated heterocycles. The molecule has 0 aliphatic rings. The van der Waals surface area contributed by atoms with Gasteiger partial charge in [0.1, 0.15) is 5.75 Å². The molecule has 1 atom stereocenters. The zero-order valence-corrected chi connectivity index (χ0v) is 15.3. The van der Waals surface area contributed by atoms with Crippen molar-refractivity contribution in [3.05, 3.63) is 24.3 Å². The Labute approximate surface area is 145 Å². The van der Waals surface area contributed by atoms with Crippen molar-refractivity contribution in [2.75, 3.05) is 13.0 Å². The van der Waals surface area contributed by atoms with E-state index in [2.05, 4.69) is 15.5 Å². The first kappa shape index (κ1) is 18.1. The van der Waals surface area contributed by atoms with E-state index in [1.165, 1.54) is 16.4 Å². The van der Waals surface area contributed by atoms with Crippen LogP contribution < -0.4 is 15.9 Å². The number of nitrogens with zero attached hydrogens (tertiary/aromatic N) is 3. The molecule has 7 nitrogen and oxygen atoms in total. The summed E-state index contributed by atoms with van der Waals surface area (Å²) in [5, 5.41) is 11.3. The second-order valence-electron chi connectivity index (χ2n) is 6.40. The Morgan fingerprint density at radius 2 is 1.92 bits per heavy atom. The number of nitrogens with one attached hydrogen (secondary N) is 1. The van der Waals surface area contributed by atoms with E-state index >= 15 is 0 Å². The van der Waals surface area contributed by atoms with E-state index in [0.29, 0.717) is 11.0 Å². The van der Waals surface area contributed by atoms with Crippen LogP contribution >= 0.6 is 11.8 Å². The minimum Gasteiger partial charge on any atom is -0.497 e. The molecule has 1 unspecified atom stereocenters. The van der Waals surface area contributed by atoms with E-state index < -0.39 is 0 Å². The first-order chi connectivity index (χ1) is 11.2. The van der Waals surface area contributed by atoms with Crippen LogP contribution in [0.2, 0.25) is 0 Å². The normalized spacial score (nSPS) is 12.7. The van der Waals surface area contributed by atoms with Crippen LogP contribution in [-0.4, -0.2) is 38.7 Å². The van der Waals surface area contributed by atoms with Crippen molar-refractivity contribution < 1.29 is 9.53 Å². The lowest BCUT2D eigenvalue weighted by molar-refractivity contribution is -0.121.